The van der Waals surface area contributed by atoms with Crippen LogP contribution >= 0.6 is 0 Å². The number of nitrogens with zero attached hydrogens (tertiary/aromatic N) is 4. The van der Waals surface area contributed by atoms with E-state index in [1.807, 2.05) is 37.5 Å². The van der Waals surface area contributed by atoms with Crippen molar-refractivity contribution >= 4 is 11.7 Å². The van der Waals surface area contributed by atoms with Gasteiger partial charge >= 0.3 is 0 Å². The Hall–Kier alpha value is -2.47. The highest BCUT2D eigenvalue weighted by Gasteiger charge is 2.14. The molecule has 1 fully saturated rings. The van der Waals surface area contributed by atoms with E-state index in [1.54, 1.807) is 11.1 Å². The molecule has 1 amide bonds. The maximum atomic E-state index is 12.4. The molecule has 0 N–H and O–H groups in total. The first-order valence-electron chi connectivity index (χ1n) is 9.14. The van der Waals surface area contributed by atoms with E-state index in [9.17, 15) is 4.79 Å². The number of amides is 1. The number of aromatic nitrogens is 2. The van der Waals surface area contributed by atoms with Gasteiger partial charge in [0.15, 0.2) is 0 Å². The fourth-order valence-corrected chi connectivity index (χ4v) is 2.98. The number of aryl methyl sites for hydroxylation is 1. The third-order valence-electron chi connectivity index (χ3n) is 4.63. The molecule has 0 aliphatic carbocycles. The summed E-state index contributed by atoms with van der Waals surface area (Å²) in [7, 11) is 1.86. The molecular formula is C20H26N4O2. The maximum Gasteiger partial charge on any atom is 0.222 e. The number of pyridine rings is 2. The first-order valence-corrected chi connectivity index (χ1v) is 9.14. The Morgan fingerprint density at radius 2 is 2.00 bits per heavy atom. The van der Waals surface area contributed by atoms with Gasteiger partial charge in [-0.05, 0) is 36.2 Å². The summed E-state index contributed by atoms with van der Waals surface area (Å²) < 4.78 is 5.39. The summed E-state index contributed by atoms with van der Waals surface area (Å²) in [6, 6.07) is 9.94. The Morgan fingerprint density at radius 3 is 2.77 bits per heavy atom. The molecule has 0 bridgehead atoms. The van der Waals surface area contributed by atoms with Gasteiger partial charge in [-0.2, -0.15) is 0 Å². The van der Waals surface area contributed by atoms with E-state index >= 15 is 0 Å². The van der Waals surface area contributed by atoms with E-state index in [0.29, 0.717) is 13.0 Å². The van der Waals surface area contributed by atoms with Gasteiger partial charge in [-0.1, -0.05) is 6.07 Å². The smallest absolute Gasteiger partial charge is 0.222 e. The summed E-state index contributed by atoms with van der Waals surface area (Å²) in [4.78, 5) is 25.2. The first-order chi connectivity index (χ1) is 12.7. The lowest BCUT2D eigenvalue weighted by Crippen LogP contribution is -2.36. The predicted octanol–water partition coefficient (Wildman–Crippen LogP) is 1.95. The quantitative estimate of drug-likeness (QED) is 0.761. The zero-order valence-corrected chi connectivity index (χ0v) is 15.3. The number of hydrogen-bond acceptors (Lipinski definition) is 5. The van der Waals surface area contributed by atoms with Gasteiger partial charge in [0.05, 0.1) is 13.2 Å². The van der Waals surface area contributed by atoms with Crippen molar-refractivity contribution in [3.63, 3.8) is 0 Å². The van der Waals surface area contributed by atoms with Crippen LogP contribution in [0.25, 0.3) is 0 Å². The molecule has 0 radical (unpaired) electrons. The number of morpholine rings is 1. The van der Waals surface area contributed by atoms with Crippen molar-refractivity contribution in [2.75, 3.05) is 44.8 Å². The molecule has 6 nitrogen and oxygen atoms in total. The van der Waals surface area contributed by atoms with Crippen molar-refractivity contribution in [1.29, 1.82) is 0 Å². The Labute approximate surface area is 154 Å². The number of ether oxygens (including phenoxy) is 1. The summed E-state index contributed by atoms with van der Waals surface area (Å²) in [6.45, 7) is 3.90. The second-order valence-corrected chi connectivity index (χ2v) is 6.51. The molecule has 0 unspecified atom stereocenters. The standard InChI is InChI=1S/C20H26N4O2/c1-23(11-8-18-4-2-3-9-21-18)20(25)6-5-17-7-10-22-19(16-17)24-12-14-26-15-13-24/h2-4,7,9-10,16H,5-6,8,11-15H2,1H3. The van der Waals surface area contributed by atoms with E-state index in [4.69, 9.17) is 4.74 Å². The topological polar surface area (TPSA) is 58.6 Å². The van der Waals surface area contributed by atoms with Gasteiger partial charge in [-0.3, -0.25) is 9.78 Å². The third-order valence-corrected chi connectivity index (χ3v) is 4.63. The molecule has 138 valence electrons. The van der Waals surface area contributed by atoms with E-state index in [-0.39, 0.29) is 5.91 Å². The molecule has 1 aliphatic heterocycles. The van der Waals surface area contributed by atoms with Crippen LogP contribution in [0.2, 0.25) is 0 Å². The Bertz CT molecular complexity index is 702. The van der Waals surface area contributed by atoms with Gasteiger partial charge in [-0.15, -0.1) is 0 Å². The highest BCUT2D eigenvalue weighted by Crippen LogP contribution is 2.15. The second kappa shape index (κ2) is 9.29. The van der Waals surface area contributed by atoms with Crippen molar-refractivity contribution in [3.05, 3.63) is 54.0 Å². The molecular weight excluding hydrogens is 328 g/mol. The van der Waals surface area contributed by atoms with Gasteiger partial charge < -0.3 is 14.5 Å². The van der Waals surface area contributed by atoms with Gasteiger partial charge in [0.2, 0.25) is 5.91 Å². The normalized spacial score (nSPS) is 14.3. The Morgan fingerprint density at radius 1 is 1.15 bits per heavy atom. The van der Waals surface area contributed by atoms with E-state index in [0.717, 1.165) is 56.2 Å². The minimum atomic E-state index is 0.158. The van der Waals surface area contributed by atoms with E-state index < -0.39 is 0 Å². The molecule has 2 aromatic heterocycles. The van der Waals surface area contributed by atoms with Crippen LogP contribution in [-0.4, -0.2) is 60.7 Å². The number of carbonyl (C=O) groups is 1. The lowest BCUT2D eigenvalue weighted by molar-refractivity contribution is -0.129. The highest BCUT2D eigenvalue weighted by molar-refractivity contribution is 5.76. The lowest BCUT2D eigenvalue weighted by atomic mass is 10.1. The fraction of sp³-hybridized carbons (Fsp3) is 0.450. The maximum absolute atomic E-state index is 12.4. The van der Waals surface area contributed by atoms with Crippen molar-refractivity contribution in [2.24, 2.45) is 0 Å². The van der Waals surface area contributed by atoms with Crippen LogP contribution < -0.4 is 4.90 Å². The molecule has 3 rings (SSSR count). The van der Waals surface area contributed by atoms with Gasteiger partial charge in [0.25, 0.3) is 0 Å². The molecule has 6 heteroatoms. The summed E-state index contributed by atoms with van der Waals surface area (Å²) in [5.41, 5.74) is 2.16. The fourth-order valence-electron chi connectivity index (χ4n) is 2.98. The monoisotopic (exact) mass is 354 g/mol. The number of likely N-dealkylation sites (N-methyl/N-ethyl adjacent to an activating group) is 1. The SMILES string of the molecule is CN(CCc1ccccn1)C(=O)CCc1ccnc(N2CCOCC2)c1. The van der Waals surface area contributed by atoms with Gasteiger partial charge in [0.1, 0.15) is 5.82 Å². The number of hydrogen-bond donors (Lipinski definition) is 0. The zero-order chi connectivity index (χ0) is 18.2. The largest absolute Gasteiger partial charge is 0.378 e. The minimum Gasteiger partial charge on any atom is -0.378 e. The average molecular weight is 354 g/mol. The van der Waals surface area contributed by atoms with Crippen LogP contribution in [0, 0.1) is 0 Å². The average Bonchev–Trinajstić information content (AvgIpc) is 2.72. The van der Waals surface area contributed by atoms with Crippen LogP contribution in [0.5, 0.6) is 0 Å². The molecule has 0 aromatic carbocycles. The summed E-state index contributed by atoms with van der Waals surface area (Å²) in [6.07, 6.45) is 5.62. The summed E-state index contributed by atoms with van der Waals surface area (Å²) in [5, 5.41) is 0. The van der Waals surface area contributed by atoms with Crippen LogP contribution in [0.4, 0.5) is 5.82 Å². The first kappa shape index (κ1) is 18.3. The molecule has 2 aromatic rings. The molecule has 1 aliphatic rings. The molecule has 0 atom stereocenters. The molecule has 26 heavy (non-hydrogen) atoms. The van der Waals surface area contributed by atoms with Crippen LogP contribution in [0.15, 0.2) is 42.7 Å². The lowest BCUT2D eigenvalue weighted by Gasteiger charge is -2.28. The molecule has 0 saturated carbocycles. The number of rotatable bonds is 7. The van der Waals surface area contributed by atoms with Crippen LogP contribution in [0.3, 0.4) is 0 Å². The minimum absolute atomic E-state index is 0.158. The Balaban J connectivity index is 1.47. The number of anilines is 1. The van der Waals surface area contributed by atoms with Crippen molar-refractivity contribution in [1.82, 2.24) is 14.9 Å². The summed E-state index contributed by atoms with van der Waals surface area (Å²) >= 11 is 0. The molecule has 3 heterocycles. The van der Waals surface area contributed by atoms with Crippen molar-refractivity contribution in [2.45, 2.75) is 19.3 Å². The second-order valence-electron chi connectivity index (χ2n) is 6.51. The van der Waals surface area contributed by atoms with Gasteiger partial charge in [-0.25, -0.2) is 4.98 Å². The van der Waals surface area contributed by atoms with Crippen molar-refractivity contribution < 1.29 is 9.53 Å². The van der Waals surface area contributed by atoms with E-state index in [1.165, 1.54) is 0 Å². The van der Waals surface area contributed by atoms with E-state index in [2.05, 4.69) is 20.9 Å². The van der Waals surface area contributed by atoms with Crippen molar-refractivity contribution in [3.8, 4) is 0 Å². The molecule has 1 saturated heterocycles. The summed E-state index contributed by atoms with van der Waals surface area (Å²) in [5.74, 6) is 1.13. The van der Waals surface area contributed by atoms with Crippen LogP contribution in [-0.2, 0) is 22.4 Å². The number of carbonyl (C=O) groups excluding carboxylic acids is 1. The highest BCUT2D eigenvalue weighted by atomic mass is 16.5. The van der Waals surface area contributed by atoms with Crippen LogP contribution in [0.1, 0.15) is 17.7 Å². The Kier molecular flexibility index (Phi) is 6.55. The van der Waals surface area contributed by atoms with Gasteiger partial charge in [0, 0.05) is 57.6 Å². The predicted molar refractivity (Wildman–Crippen MR) is 101 cm³/mol. The zero-order valence-electron chi connectivity index (χ0n) is 15.3. The molecule has 0 spiro atoms. The third kappa shape index (κ3) is 5.26.